The van der Waals surface area contributed by atoms with Crippen LogP contribution in [0.25, 0.3) is 0 Å². The maximum absolute atomic E-state index is 6.59. The standard InChI is InChI=1S/C26H36O7/c1-27-19-10-8-18(9-11-19)16-28-22-21(20-17-29-25(31-20)12-4-2-5-13-25)30-24-23(22)32-26(33-24)14-6-3-7-15-26/h8-11,20-24H,2-7,12-17H2,1H3/t20-,21+,22+,23+,24-/m0/s1. The Balaban J connectivity index is 1.18. The van der Waals surface area contributed by atoms with E-state index in [0.29, 0.717) is 13.2 Å². The number of hydrogen-bond acceptors (Lipinski definition) is 7. The maximum Gasteiger partial charge on any atom is 0.190 e. The quantitative estimate of drug-likeness (QED) is 0.643. The lowest BCUT2D eigenvalue weighted by molar-refractivity contribution is -0.263. The van der Waals surface area contributed by atoms with E-state index in [-0.39, 0.29) is 24.4 Å². The molecule has 33 heavy (non-hydrogen) atoms. The zero-order valence-corrected chi connectivity index (χ0v) is 19.5. The Bertz CT molecular complexity index is 799. The number of fused-ring (bicyclic) bond motifs is 1. The van der Waals surface area contributed by atoms with Gasteiger partial charge in [0.25, 0.3) is 0 Å². The second-order valence-corrected chi connectivity index (χ2v) is 10.2. The molecule has 2 spiro atoms. The van der Waals surface area contributed by atoms with Crippen LogP contribution in [0.4, 0.5) is 0 Å². The molecule has 2 saturated carbocycles. The number of benzene rings is 1. The van der Waals surface area contributed by atoms with Crippen LogP contribution in [-0.4, -0.2) is 56.0 Å². The van der Waals surface area contributed by atoms with Crippen molar-refractivity contribution in [1.82, 2.24) is 0 Å². The van der Waals surface area contributed by atoms with Crippen molar-refractivity contribution in [2.24, 2.45) is 0 Å². The first-order valence-electron chi connectivity index (χ1n) is 12.8. The molecule has 3 heterocycles. The molecule has 0 aromatic heterocycles. The number of rotatable bonds is 5. The van der Waals surface area contributed by atoms with Gasteiger partial charge in [0.2, 0.25) is 0 Å². The maximum atomic E-state index is 6.59. The predicted molar refractivity (Wildman–Crippen MR) is 119 cm³/mol. The summed E-state index contributed by atoms with van der Waals surface area (Å²) in [6, 6.07) is 7.97. The highest BCUT2D eigenvalue weighted by atomic mass is 16.9. The fourth-order valence-electron chi connectivity index (χ4n) is 6.18. The van der Waals surface area contributed by atoms with Crippen LogP contribution in [-0.2, 0) is 35.0 Å². The molecule has 2 aliphatic carbocycles. The van der Waals surface area contributed by atoms with Crippen LogP contribution in [0.1, 0.15) is 69.8 Å². The molecule has 5 fully saturated rings. The van der Waals surface area contributed by atoms with Gasteiger partial charge in [-0.15, -0.1) is 0 Å². The van der Waals surface area contributed by atoms with Crippen LogP contribution in [0.15, 0.2) is 24.3 Å². The van der Waals surface area contributed by atoms with Gasteiger partial charge in [-0.05, 0) is 43.4 Å². The first-order chi connectivity index (χ1) is 16.2. The summed E-state index contributed by atoms with van der Waals surface area (Å²) < 4.78 is 44.0. The molecule has 1 aromatic carbocycles. The van der Waals surface area contributed by atoms with Crippen molar-refractivity contribution in [2.45, 2.75) is 113 Å². The summed E-state index contributed by atoms with van der Waals surface area (Å²) in [4.78, 5) is 0. The van der Waals surface area contributed by atoms with Crippen molar-refractivity contribution in [3.63, 3.8) is 0 Å². The molecule has 182 valence electrons. The molecular weight excluding hydrogens is 424 g/mol. The lowest BCUT2D eigenvalue weighted by Gasteiger charge is -2.35. The van der Waals surface area contributed by atoms with E-state index in [2.05, 4.69) is 0 Å². The molecule has 3 saturated heterocycles. The van der Waals surface area contributed by atoms with Crippen molar-refractivity contribution >= 4 is 0 Å². The van der Waals surface area contributed by atoms with Gasteiger partial charge in [0, 0.05) is 25.7 Å². The summed E-state index contributed by atoms with van der Waals surface area (Å²) in [6.07, 6.45) is 9.40. The average Bonchev–Trinajstić information content (AvgIpc) is 3.50. The summed E-state index contributed by atoms with van der Waals surface area (Å²) in [5, 5.41) is 0. The predicted octanol–water partition coefficient (Wildman–Crippen LogP) is 4.46. The Morgan fingerprint density at radius 3 is 2.21 bits per heavy atom. The molecule has 0 unspecified atom stereocenters. The molecule has 0 amide bonds. The van der Waals surface area contributed by atoms with E-state index < -0.39 is 17.9 Å². The van der Waals surface area contributed by atoms with E-state index in [1.807, 2.05) is 24.3 Å². The Kier molecular flexibility index (Phi) is 6.14. The fourth-order valence-corrected chi connectivity index (χ4v) is 6.18. The van der Waals surface area contributed by atoms with E-state index in [1.54, 1.807) is 7.11 Å². The van der Waals surface area contributed by atoms with E-state index >= 15 is 0 Å². The van der Waals surface area contributed by atoms with Crippen molar-refractivity contribution in [1.29, 1.82) is 0 Å². The van der Waals surface area contributed by atoms with Crippen molar-refractivity contribution in [2.75, 3.05) is 13.7 Å². The van der Waals surface area contributed by atoms with Crippen LogP contribution >= 0.6 is 0 Å². The molecule has 7 heteroatoms. The van der Waals surface area contributed by atoms with Crippen molar-refractivity contribution in [3.05, 3.63) is 29.8 Å². The number of hydrogen-bond donors (Lipinski definition) is 0. The van der Waals surface area contributed by atoms with Crippen LogP contribution < -0.4 is 4.74 Å². The van der Waals surface area contributed by atoms with E-state index in [0.717, 1.165) is 62.7 Å². The number of ether oxygens (including phenoxy) is 7. The van der Waals surface area contributed by atoms with Gasteiger partial charge in [-0.3, -0.25) is 0 Å². The topological polar surface area (TPSA) is 64.6 Å². The third-order valence-electron chi connectivity index (χ3n) is 7.96. The monoisotopic (exact) mass is 460 g/mol. The molecule has 7 nitrogen and oxygen atoms in total. The molecule has 5 aliphatic rings. The minimum atomic E-state index is -0.516. The fraction of sp³-hybridized carbons (Fsp3) is 0.769. The highest BCUT2D eigenvalue weighted by Crippen LogP contribution is 2.48. The van der Waals surface area contributed by atoms with E-state index in [9.17, 15) is 0 Å². The lowest BCUT2D eigenvalue weighted by Crippen LogP contribution is -2.45. The van der Waals surface area contributed by atoms with Gasteiger partial charge in [-0.1, -0.05) is 25.0 Å². The minimum absolute atomic E-state index is 0.177. The van der Waals surface area contributed by atoms with Gasteiger partial charge in [-0.2, -0.15) is 0 Å². The zero-order valence-electron chi connectivity index (χ0n) is 19.5. The van der Waals surface area contributed by atoms with Gasteiger partial charge in [0.05, 0.1) is 20.3 Å². The molecule has 0 radical (unpaired) electrons. The molecule has 3 aliphatic heterocycles. The van der Waals surface area contributed by atoms with Gasteiger partial charge in [-0.25, -0.2) is 0 Å². The highest BCUT2D eigenvalue weighted by molar-refractivity contribution is 5.26. The first-order valence-corrected chi connectivity index (χ1v) is 12.8. The Morgan fingerprint density at radius 2 is 1.52 bits per heavy atom. The van der Waals surface area contributed by atoms with E-state index in [1.165, 1.54) is 12.8 Å². The van der Waals surface area contributed by atoms with Crippen molar-refractivity contribution in [3.8, 4) is 5.75 Å². The minimum Gasteiger partial charge on any atom is -0.497 e. The van der Waals surface area contributed by atoms with Gasteiger partial charge < -0.3 is 33.2 Å². The second-order valence-electron chi connectivity index (χ2n) is 10.2. The third kappa shape index (κ3) is 4.32. The largest absolute Gasteiger partial charge is 0.497 e. The van der Waals surface area contributed by atoms with Gasteiger partial charge >= 0.3 is 0 Å². The zero-order chi connectivity index (χ0) is 22.3. The summed E-state index contributed by atoms with van der Waals surface area (Å²) in [6.45, 7) is 0.991. The smallest absolute Gasteiger partial charge is 0.190 e. The number of methoxy groups -OCH3 is 1. The van der Waals surface area contributed by atoms with Gasteiger partial charge in [0.15, 0.2) is 17.9 Å². The lowest BCUT2D eigenvalue weighted by atomic mass is 9.94. The summed E-state index contributed by atoms with van der Waals surface area (Å²) in [5.74, 6) is -0.128. The summed E-state index contributed by atoms with van der Waals surface area (Å²) in [7, 11) is 1.67. The first kappa shape index (κ1) is 22.3. The van der Waals surface area contributed by atoms with Crippen LogP contribution in [0.2, 0.25) is 0 Å². The molecule has 0 bridgehead atoms. The highest BCUT2D eigenvalue weighted by Gasteiger charge is 2.61. The Hall–Kier alpha value is -1.22. The van der Waals surface area contributed by atoms with E-state index in [4.69, 9.17) is 33.2 Å². The molecule has 5 atom stereocenters. The SMILES string of the molecule is COc1ccc(CO[C@H]2[C@H]3OC4(CCCCC4)O[C@@H]3O[C@@H]2[C@@H]2COC3(CCCCC3)O2)cc1. The third-order valence-corrected chi connectivity index (χ3v) is 7.96. The molecular formula is C26H36O7. The van der Waals surface area contributed by atoms with Crippen molar-refractivity contribution < 1.29 is 33.2 Å². The molecule has 6 rings (SSSR count). The van der Waals surface area contributed by atoms with Crippen LogP contribution in [0.5, 0.6) is 5.75 Å². The molecule has 1 aromatic rings. The Labute approximate surface area is 195 Å². The van der Waals surface area contributed by atoms with Crippen LogP contribution in [0, 0.1) is 0 Å². The molecule has 0 N–H and O–H groups in total. The average molecular weight is 461 g/mol. The van der Waals surface area contributed by atoms with Crippen LogP contribution in [0.3, 0.4) is 0 Å². The Morgan fingerprint density at radius 1 is 0.818 bits per heavy atom. The summed E-state index contributed by atoms with van der Waals surface area (Å²) in [5.41, 5.74) is 1.08. The van der Waals surface area contributed by atoms with Gasteiger partial charge in [0.1, 0.15) is 30.2 Å². The summed E-state index contributed by atoms with van der Waals surface area (Å²) >= 11 is 0. The second kappa shape index (κ2) is 9.10. The normalized spacial score (nSPS) is 36.9.